The third-order valence-corrected chi connectivity index (χ3v) is 8.07. The first-order valence-corrected chi connectivity index (χ1v) is 12.6. The van der Waals surface area contributed by atoms with Gasteiger partial charge in [-0.1, -0.05) is 78.3 Å². The Morgan fingerprint density at radius 3 is 2.28 bits per heavy atom. The third-order valence-electron chi connectivity index (χ3n) is 7.78. The van der Waals surface area contributed by atoms with Crippen LogP contribution in [-0.2, 0) is 32.8 Å². The normalized spacial score (nSPS) is 26.4. The second-order valence-electron chi connectivity index (χ2n) is 9.94. The number of rotatable bonds is 5. The molecule has 0 aromatic heterocycles. The zero-order chi connectivity index (χ0) is 25.0. The molecule has 2 fully saturated rings. The quantitative estimate of drug-likeness (QED) is 0.523. The number of likely N-dealkylation sites (tertiary alicyclic amines) is 1. The number of nitrogens with one attached hydrogen (secondary N) is 2. The van der Waals surface area contributed by atoms with E-state index in [1.807, 2.05) is 73.7 Å². The van der Waals surface area contributed by atoms with Crippen molar-refractivity contribution in [1.29, 1.82) is 0 Å². The number of hydrogen-bond donors (Lipinski definition) is 2. The number of nitrogens with zero attached hydrogens (tertiary/aromatic N) is 1. The molecule has 3 aromatic carbocycles. The maximum atomic E-state index is 14.0. The van der Waals surface area contributed by atoms with Crippen LogP contribution in [0.3, 0.4) is 0 Å². The van der Waals surface area contributed by atoms with Crippen molar-refractivity contribution in [2.24, 2.45) is 11.8 Å². The molecule has 0 bridgehead atoms. The standard InChI is InChI=1S/C29H26ClN3O3/c1-17-14-20-25(21(30)15-17)31-28(36)29(20)24-23(22(32-29)16-19-10-6-3-7-11-19)26(34)33(27(24)35)13-12-18-8-4-2-5-9-18/h2-11,14-15,22-24,32H,12-13,16H2,1H3,(H,31,36). The molecule has 0 aliphatic carbocycles. The summed E-state index contributed by atoms with van der Waals surface area (Å²) >= 11 is 6.52. The van der Waals surface area contributed by atoms with E-state index in [0.717, 1.165) is 16.7 Å². The second-order valence-corrected chi connectivity index (χ2v) is 10.3. The second kappa shape index (κ2) is 8.57. The van der Waals surface area contributed by atoms with Crippen LogP contribution in [0.25, 0.3) is 0 Å². The van der Waals surface area contributed by atoms with Crippen molar-refractivity contribution in [2.45, 2.75) is 31.3 Å². The number of fused-ring (bicyclic) bond motifs is 4. The number of amides is 3. The SMILES string of the molecule is Cc1cc(Cl)c2c(c1)C1(NC(Cc3ccccc3)C3C(=O)N(CCc4ccccc4)C(=O)C31)C(=O)N2. The van der Waals surface area contributed by atoms with Crippen molar-refractivity contribution in [3.8, 4) is 0 Å². The molecule has 2 saturated heterocycles. The molecule has 2 N–H and O–H groups in total. The molecule has 0 radical (unpaired) electrons. The number of anilines is 1. The summed E-state index contributed by atoms with van der Waals surface area (Å²) in [6, 6.07) is 22.9. The highest BCUT2D eigenvalue weighted by Crippen LogP contribution is 2.54. The molecule has 4 atom stereocenters. The van der Waals surface area contributed by atoms with Gasteiger partial charge in [-0.25, -0.2) is 0 Å². The van der Waals surface area contributed by atoms with Gasteiger partial charge >= 0.3 is 0 Å². The highest BCUT2D eigenvalue weighted by atomic mass is 35.5. The smallest absolute Gasteiger partial charge is 0.250 e. The average Bonchev–Trinajstić information content (AvgIpc) is 3.44. The monoisotopic (exact) mass is 499 g/mol. The summed E-state index contributed by atoms with van der Waals surface area (Å²) in [5.74, 6) is -2.34. The fraction of sp³-hybridized carbons (Fsp3) is 0.276. The van der Waals surface area contributed by atoms with Crippen molar-refractivity contribution < 1.29 is 14.4 Å². The van der Waals surface area contributed by atoms with Gasteiger partial charge in [0.15, 0.2) is 0 Å². The Morgan fingerprint density at radius 2 is 1.58 bits per heavy atom. The lowest BCUT2D eigenvalue weighted by molar-refractivity contribution is -0.142. The molecule has 3 heterocycles. The molecule has 36 heavy (non-hydrogen) atoms. The molecule has 6 nitrogen and oxygen atoms in total. The minimum Gasteiger partial charge on any atom is -0.323 e. The van der Waals surface area contributed by atoms with E-state index in [1.54, 1.807) is 6.07 Å². The summed E-state index contributed by atoms with van der Waals surface area (Å²) in [4.78, 5) is 42.8. The number of halogens is 1. The maximum absolute atomic E-state index is 14.0. The molecular formula is C29H26ClN3O3. The van der Waals surface area contributed by atoms with Crippen LogP contribution in [0.4, 0.5) is 5.69 Å². The molecule has 3 aromatic rings. The summed E-state index contributed by atoms with van der Waals surface area (Å²) in [5.41, 5.74) is 2.79. The van der Waals surface area contributed by atoms with Gasteiger partial charge in [-0.3, -0.25) is 24.6 Å². The van der Waals surface area contributed by atoms with Crippen LogP contribution >= 0.6 is 11.6 Å². The van der Waals surface area contributed by atoms with Gasteiger partial charge in [-0.05, 0) is 42.5 Å². The number of carbonyl (C=O) groups is 3. The van der Waals surface area contributed by atoms with Crippen LogP contribution in [0.1, 0.15) is 22.3 Å². The molecule has 3 aliphatic heterocycles. The van der Waals surface area contributed by atoms with Crippen molar-refractivity contribution in [1.82, 2.24) is 10.2 Å². The first-order valence-electron chi connectivity index (χ1n) is 12.2. The van der Waals surface area contributed by atoms with Crippen molar-refractivity contribution in [2.75, 3.05) is 11.9 Å². The predicted octanol–water partition coefficient (Wildman–Crippen LogP) is 3.85. The first-order chi connectivity index (χ1) is 17.4. The lowest BCUT2D eigenvalue weighted by Gasteiger charge is -2.30. The van der Waals surface area contributed by atoms with Crippen molar-refractivity contribution in [3.05, 3.63) is 100 Å². The minimum absolute atomic E-state index is 0.216. The predicted molar refractivity (Wildman–Crippen MR) is 137 cm³/mol. The average molecular weight is 500 g/mol. The van der Waals surface area contributed by atoms with E-state index >= 15 is 0 Å². The Kier molecular flexibility index (Phi) is 5.47. The van der Waals surface area contributed by atoms with E-state index in [9.17, 15) is 14.4 Å². The van der Waals surface area contributed by atoms with Gasteiger partial charge < -0.3 is 5.32 Å². The van der Waals surface area contributed by atoms with Gasteiger partial charge in [0.1, 0.15) is 5.54 Å². The van der Waals surface area contributed by atoms with Crippen LogP contribution in [0, 0.1) is 18.8 Å². The lowest BCUT2D eigenvalue weighted by atomic mass is 9.76. The molecule has 6 rings (SSSR count). The lowest BCUT2D eigenvalue weighted by Crippen LogP contribution is -2.53. The van der Waals surface area contributed by atoms with Gasteiger partial charge in [-0.15, -0.1) is 0 Å². The third kappa shape index (κ3) is 3.39. The molecule has 1 spiro atoms. The van der Waals surface area contributed by atoms with Crippen LogP contribution in [0.5, 0.6) is 0 Å². The Balaban J connectivity index is 1.42. The molecule has 7 heteroatoms. The van der Waals surface area contributed by atoms with E-state index in [1.165, 1.54) is 4.90 Å². The maximum Gasteiger partial charge on any atom is 0.250 e. The van der Waals surface area contributed by atoms with Crippen LogP contribution in [0.2, 0.25) is 5.02 Å². The number of imide groups is 1. The molecule has 3 aliphatic rings. The van der Waals surface area contributed by atoms with Crippen molar-refractivity contribution in [3.63, 3.8) is 0 Å². The van der Waals surface area contributed by atoms with Gasteiger partial charge in [-0.2, -0.15) is 0 Å². The van der Waals surface area contributed by atoms with Crippen molar-refractivity contribution >= 4 is 35.0 Å². The first kappa shape index (κ1) is 23.0. The fourth-order valence-corrected chi connectivity index (χ4v) is 6.52. The molecular weight excluding hydrogens is 474 g/mol. The van der Waals surface area contributed by atoms with E-state index < -0.39 is 17.4 Å². The van der Waals surface area contributed by atoms with E-state index in [2.05, 4.69) is 10.6 Å². The summed E-state index contributed by atoms with van der Waals surface area (Å²) in [5, 5.41) is 6.84. The Morgan fingerprint density at radius 1 is 0.917 bits per heavy atom. The zero-order valence-electron chi connectivity index (χ0n) is 19.8. The Hall–Kier alpha value is -3.48. The highest BCUT2D eigenvalue weighted by molar-refractivity contribution is 6.35. The Bertz CT molecular complexity index is 1380. The molecule has 3 amide bonds. The molecule has 4 unspecified atom stereocenters. The highest BCUT2D eigenvalue weighted by Gasteiger charge is 2.70. The van der Waals surface area contributed by atoms with Crippen LogP contribution in [-0.4, -0.2) is 35.2 Å². The van der Waals surface area contributed by atoms with Crippen LogP contribution in [0.15, 0.2) is 72.8 Å². The topological polar surface area (TPSA) is 78.5 Å². The number of hydrogen-bond acceptors (Lipinski definition) is 4. The summed E-state index contributed by atoms with van der Waals surface area (Å²) in [7, 11) is 0. The van der Waals surface area contributed by atoms with E-state index in [0.29, 0.717) is 29.1 Å². The van der Waals surface area contributed by atoms with Crippen LogP contribution < -0.4 is 10.6 Å². The van der Waals surface area contributed by atoms with Gasteiger partial charge in [0.25, 0.3) is 0 Å². The minimum atomic E-state index is -1.34. The summed E-state index contributed by atoms with van der Waals surface area (Å²) in [6.45, 7) is 2.19. The number of benzene rings is 3. The van der Waals surface area contributed by atoms with Gasteiger partial charge in [0.2, 0.25) is 17.7 Å². The van der Waals surface area contributed by atoms with E-state index in [-0.39, 0.29) is 30.3 Å². The Labute approximate surface area is 214 Å². The largest absolute Gasteiger partial charge is 0.323 e. The number of carbonyl (C=O) groups excluding carboxylic acids is 3. The van der Waals surface area contributed by atoms with Gasteiger partial charge in [0, 0.05) is 18.2 Å². The number of aryl methyl sites for hydroxylation is 1. The fourth-order valence-electron chi connectivity index (χ4n) is 6.20. The summed E-state index contributed by atoms with van der Waals surface area (Å²) in [6.07, 6.45) is 1.09. The van der Waals surface area contributed by atoms with Gasteiger partial charge in [0.05, 0.1) is 22.5 Å². The van der Waals surface area contributed by atoms with E-state index in [4.69, 9.17) is 11.6 Å². The summed E-state index contributed by atoms with van der Waals surface area (Å²) < 4.78 is 0. The molecule has 182 valence electrons. The zero-order valence-corrected chi connectivity index (χ0v) is 20.6. The molecule has 0 saturated carbocycles.